The summed E-state index contributed by atoms with van der Waals surface area (Å²) in [5.41, 5.74) is 2.43. The molecule has 2 N–H and O–H groups in total. The summed E-state index contributed by atoms with van der Waals surface area (Å²) in [5, 5.41) is 10.5. The number of nitrogens with zero attached hydrogens (tertiary/aromatic N) is 2. The van der Waals surface area contributed by atoms with Crippen LogP contribution in [0, 0.1) is 11.8 Å². The zero-order valence-electron chi connectivity index (χ0n) is 11.7. The van der Waals surface area contributed by atoms with Crippen LogP contribution in [0.1, 0.15) is 10.5 Å². The van der Waals surface area contributed by atoms with Gasteiger partial charge in [0.05, 0.1) is 5.69 Å². The van der Waals surface area contributed by atoms with E-state index in [1.807, 2.05) is 41.3 Å². The molecule has 21 heavy (non-hydrogen) atoms. The number of fused-ring (bicyclic) bond motifs is 1. The van der Waals surface area contributed by atoms with Crippen molar-refractivity contribution in [3.63, 3.8) is 0 Å². The van der Waals surface area contributed by atoms with Crippen molar-refractivity contribution >= 4 is 5.91 Å². The molecule has 2 aromatic rings. The van der Waals surface area contributed by atoms with E-state index in [9.17, 15) is 4.79 Å². The first-order chi connectivity index (χ1) is 10.3. The molecule has 0 aliphatic carbocycles. The predicted molar refractivity (Wildman–Crippen MR) is 79.8 cm³/mol. The highest BCUT2D eigenvalue weighted by Crippen LogP contribution is 2.27. The maximum atomic E-state index is 12.6. The van der Waals surface area contributed by atoms with Crippen molar-refractivity contribution < 1.29 is 4.79 Å². The molecule has 0 radical (unpaired) electrons. The van der Waals surface area contributed by atoms with Gasteiger partial charge in [-0.2, -0.15) is 5.10 Å². The monoisotopic (exact) mass is 282 g/mol. The van der Waals surface area contributed by atoms with E-state index in [0.29, 0.717) is 17.5 Å². The number of rotatable bonds is 2. The summed E-state index contributed by atoms with van der Waals surface area (Å²) in [7, 11) is 0. The van der Waals surface area contributed by atoms with Gasteiger partial charge in [-0.3, -0.25) is 9.89 Å². The number of likely N-dealkylation sites (tertiary alicyclic amines) is 1. The number of carbonyl (C=O) groups is 1. The van der Waals surface area contributed by atoms with Crippen molar-refractivity contribution in [1.82, 2.24) is 20.4 Å². The normalized spacial score (nSPS) is 24.3. The van der Waals surface area contributed by atoms with E-state index in [4.69, 9.17) is 0 Å². The second-order valence-corrected chi connectivity index (χ2v) is 5.92. The minimum atomic E-state index is 0.0686. The molecule has 5 heteroatoms. The molecule has 0 unspecified atom stereocenters. The van der Waals surface area contributed by atoms with E-state index in [0.717, 1.165) is 37.4 Å². The highest BCUT2D eigenvalue weighted by molar-refractivity contribution is 5.93. The highest BCUT2D eigenvalue weighted by atomic mass is 16.2. The third-order valence-electron chi connectivity index (χ3n) is 4.55. The maximum Gasteiger partial charge on any atom is 0.271 e. The standard InChI is InChI=1S/C16H18N4O/c21-16(20-9-12-7-17-8-13(12)10-20)15-6-14(18-19-15)11-4-2-1-3-5-11/h1-6,12-13,17H,7-10H2,(H,18,19)/t12-,13+. The van der Waals surface area contributed by atoms with Crippen molar-refractivity contribution in [1.29, 1.82) is 0 Å². The zero-order valence-corrected chi connectivity index (χ0v) is 11.7. The number of aromatic amines is 1. The van der Waals surface area contributed by atoms with Gasteiger partial charge >= 0.3 is 0 Å². The van der Waals surface area contributed by atoms with Gasteiger partial charge in [0.1, 0.15) is 5.69 Å². The van der Waals surface area contributed by atoms with E-state index in [-0.39, 0.29) is 5.91 Å². The number of aromatic nitrogens is 2. The molecule has 5 nitrogen and oxygen atoms in total. The van der Waals surface area contributed by atoms with Crippen molar-refractivity contribution in [2.45, 2.75) is 0 Å². The molecule has 108 valence electrons. The van der Waals surface area contributed by atoms with Gasteiger partial charge in [-0.05, 0) is 17.9 Å². The van der Waals surface area contributed by atoms with E-state index < -0.39 is 0 Å². The lowest BCUT2D eigenvalue weighted by Crippen LogP contribution is -2.32. The molecule has 2 atom stereocenters. The molecule has 1 amide bonds. The van der Waals surface area contributed by atoms with Crippen LogP contribution in [-0.4, -0.2) is 47.2 Å². The number of H-pyrrole nitrogens is 1. The summed E-state index contributed by atoms with van der Waals surface area (Å²) >= 11 is 0. The molecule has 4 rings (SSSR count). The number of nitrogens with one attached hydrogen (secondary N) is 2. The molecule has 0 bridgehead atoms. The van der Waals surface area contributed by atoms with Crippen molar-refractivity contribution in [3.8, 4) is 11.3 Å². The Labute approximate surface area is 123 Å². The van der Waals surface area contributed by atoms with Gasteiger partial charge < -0.3 is 10.2 Å². The minimum Gasteiger partial charge on any atom is -0.337 e. The fourth-order valence-electron chi connectivity index (χ4n) is 3.38. The maximum absolute atomic E-state index is 12.6. The fraction of sp³-hybridized carbons (Fsp3) is 0.375. The number of carbonyl (C=O) groups excluding carboxylic acids is 1. The molecule has 2 fully saturated rings. The fourth-order valence-corrected chi connectivity index (χ4v) is 3.38. The molecular formula is C16H18N4O. The summed E-state index contributed by atoms with van der Waals surface area (Å²) in [5.74, 6) is 1.30. The average Bonchev–Trinajstić information content (AvgIpc) is 3.22. The summed E-state index contributed by atoms with van der Waals surface area (Å²) in [6.45, 7) is 3.78. The molecular weight excluding hydrogens is 264 g/mol. The van der Waals surface area contributed by atoms with Crippen LogP contribution in [0.2, 0.25) is 0 Å². The lowest BCUT2D eigenvalue weighted by molar-refractivity contribution is 0.0776. The molecule has 2 aliphatic heterocycles. The molecule has 1 aromatic heterocycles. The van der Waals surface area contributed by atoms with E-state index in [1.165, 1.54) is 0 Å². The Morgan fingerprint density at radius 2 is 1.86 bits per heavy atom. The number of benzene rings is 1. The van der Waals surface area contributed by atoms with Crippen LogP contribution in [0.5, 0.6) is 0 Å². The second kappa shape index (κ2) is 5.00. The second-order valence-electron chi connectivity index (χ2n) is 5.92. The number of amides is 1. The van der Waals surface area contributed by atoms with Crippen LogP contribution in [-0.2, 0) is 0 Å². The average molecular weight is 282 g/mol. The van der Waals surface area contributed by atoms with Gasteiger partial charge in [0.25, 0.3) is 5.91 Å². The quantitative estimate of drug-likeness (QED) is 0.874. The van der Waals surface area contributed by atoms with Gasteiger partial charge in [0.2, 0.25) is 0 Å². The number of hydrogen-bond donors (Lipinski definition) is 2. The summed E-state index contributed by atoms with van der Waals surface area (Å²) in [6, 6.07) is 11.8. The summed E-state index contributed by atoms with van der Waals surface area (Å²) in [6.07, 6.45) is 0. The molecule has 1 aromatic carbocycles. The molecule has 0 saturated carbocycles. The zero-order chi connectivity index (χ0) is 14.2. The smallest absolute Gasteiger partial charge is 0.271 e. The summed E-state index contributed by atoms with van der Waals surface area (Å²) < 4.78 is 0. The van der Waals surface area contributed by atoms with Crippen molar-refractivity contribution in [2.24, 2.45) is 11.8 Å². The summed E-state index contributed by atoms with van der Waals surface area (Å²) in [4.78, 5) is 14.5. The Balaban J connectivity index is 1.52. The van der Waals surface area contributed by atoms with Gasteiger partial charge in [0.15, 0.2) is 0 Å². The minimum absolute atomic E-state index is 0.0686. The Hall–Kier alpha value is -2.14. The first-order valence-electron chi connectivity index (χ1n) is 7.42. The van der Waals surface area contributed by atoms with Crippen LogP contribution in [0.15, 0.2) is 36.4 Å². The largest absolute Gasteiger partial charge is 0.337 e. The van der Waals surface area contributed by atoms with Gasteiger partial charge in [-0.1, -0.05) is 30.3 Å². The lowest BCUT2D eigenvalue weighted by Gasteiger charge is -2.16. The Bertz CT molecular complexity index is 639. The molecule has 2 saturated heterocycles. The number of hydrogen-bond acceptors (Lipinski definition) is 3. The van der Waals surface area contributed by atoms with E-state index in [1.54, 1.807) is 0 Å². The third-order valence-corrected chi connectivity index (χ3v) is 4.55. The SMILES string of the molecule is O=C(c1cc(-c2ccccc2)n[nH]1)N1C[C@H]2CNC[C@H]2C1. The van der Waals surface area contributed by atoms with Gasteiger partial charge in [0, 0.05) is 31.7 Å². The van der Waals surface area contributed by atoms with Crippen LogP contribution >= 0.6 is 0 Å². The van der Waals surface area contributed by atoms with Gasteiger partial charge in [-0.25, -0.2) is 0 Å². The van der Waals surface area contributed by atoms with E-state index >= 15 is 0 Å². The first-order valence-corrected chi connectivity index (χ1v) is 7.42. The first kappa shape index (κ1) is 12.6. The van der Waals surface area contributed by atoms with Crippen molar-refractivity contribution in [2.75, 3.05) is 26.2 Å². The Kier molecular flexibility index (Phi) is 3.00. The van der Waals surface area contributed by atoms with Crippen molar-refractivity contribution in [3.05, 3.63) is 42.1 Å². The van der Waals surface area contributed by atoms with Crippen LogP contribution < -0.4 is 5.32 Å². The Morgan fingerprint density at radius 1 is 1.14 bits per heavy atom. The highest BCUT2D eigenvalue weighted by Gasteiger charge is 2.38. The molecule has 3 heterocycles. The predicted octanol–water partition coefficient (Wildman–Crippen LogP) is 1.37. The van der Waals surface area contributed by atoms with Gasteiger partial charge in [-0.15, -0.1) is 0 Å². The van der Waals surface area contributed by atoms with Crippen LogP contribution in [0.25, 0.3) is 11.3 Å². The molecule has 2 aliphatic rings. The molecule has 0 spiro atoms. The van der Waals surface area contributed by atoms with Crippen LogP contribution in [0.3, 0.4) is 0 Å². The third kappa shape index (κ3) is 2.23. The topological polar surface area (TPSA) is 61.0 Å². The Morgan fingerprint density at radius 3 is 2.57 bits per heavy atom. The van der Waals surface area contributed by atoms with Crippen LogP contribution in [0.4, 0.5) is 0 Å². The van der Waals surface area contributed by atoms with E-state index in [2.05, 4.69) is 15.5 Å². The lowest BCUT2D eigenvalue weighted by atomic mass is 10.0.